The van der Waals surface area contributed by atoms with Gasteiger partial charge in [-0.25, -0.2) is 0 Å². The van der Waals surface area contributed by atoms with Gasteiger partial charge in [-0.15, -0.1) is 12.4 Å². The highest BCUT2D eigenvalue weighted by molar-refractivity contribution is 5.85. The lowest BCUT2D eigenvalue weighted by Crippen LogP contribution is -2.40. The molecule has 20 heavy (non-hydrogen) atoms. The number of nitrogens with one attached hydrogen (secondary N) is 1. The third-order valence-corrected chi connectivity index (χ3v) is 3.39. The highest BCUT2D eigenvalue weighted by atomic mass is 35.5. The van der Waals surface area contributed by atoms with Gasteiger partial charge >= 0.3 is 5.97 Å². The first-order valence-corrected chi connectivity index (χ1v) is 7.87. The summed E-state index contributed by atoms with van der Waals surface area (Å²) in [5.74, 6) is -0.935. The lowest BCUT2D eigenvalue weighted by Gasteiger charge is -2.08. The van der Waals surface area contributed by atoms with Crippen LogP contribution < -0.4 is 11.1 Å². The smallest absolute Gasteiger partial charge is 0.321 e. The number of hydrogen-bond donors (Lipinski definition) is 3. The Morgan fingerprint density at radius 2 is 1.45 bits per heavy atom. The molecule has 0 unspecified atom stereocenters. The number of aliphatic carboxylic acids is 1. The highest BCUT2D eigenvalue weighted by Crippen LogP contribution is 2.10. The van der Waals surface area contributed by atoms with E-state index >= 15 is 0 Å². The van der Waals surface area contributed by atoms with Crippen molar-refractivity contribution in [3.8, 4) is 0 Å². The fourth-order valence-corrected chi connectivity index (χ4v) is 2.08. The van der Waals surface area contributed by atoms with E-state index < -0.39 is 12.0 Å². The summed E-state index contributed by atoms with van der Waals surface area (Å²) in [6.45, 7) is 3.49. The van der Waals surface area contributed by atoms with Crippen LogP contribution in [0.4, 0.5) is 0 Å². The van der Waals surface area contributed by atoms with Crippen LogP contribution in [0.15, 0.2) is 0 Å². The lowest BCUT2D eigenvalue weighted by molar-refractivity contribution is -0.138. The van der Waals surface area contributed by atoms with Gasteiger partial charge in [0, 0.05) is 6.54 Å². The first-order valence-electron chi connectivity index (χ1n) is 7.87. The third kappa shape index (κ3) is 15.7. The van der Waals surface area contributed by atoms with Crippen molar-refractivity contribution >= 4 is 18.4 Å². The Bertz CT molecular complexity index is 216. The molecule has 0 rings (SSSR count). The van der Waals surface area contributed by atoms with E-state index in [1.165, 1.54) is 57.8 Å². The molecule has 0 saturated carbocycles. The molecule has 0 aromatic rings. The molecule has 0 aromatic carbocycles. The Labute approximate surface area is 130 Å². The van der Waals surface area contributed by atoms with Crippen LogP contribution in [0, 0.1) is 0 Å². The van der Waals surface area contributed by atoms with Crippen LogP contribution >= 0.6 is 12.4 Å². The van der Waals surface area contributed by atoms with E-state index in [1.807, 2.05) is 0 Å². The number of rotatable bonds is 14. The maximum absolute atomic E-state index is 10.5. The second-order valence-electron chi connectivity index (χ2n) is 5.33. The molecule has 0 aliphatic rings. The summed E-state index contributed by atoms with van der Waals surface area (Å²) in [6.07, 6.45) is 13.2. The summed E-state index contributed by atoms with van der Waals surface area (Å²) in [7, 11) is 0. The fraction of sp³-hybridized carbons (Fsp3) is 0.933. The first-order chi connectivity index (χ1) is 9.18. The standard InChI is InChI=1S/C15H32N2O2.ClH/c1-2-3-4-5-6-7-8-9-10-11-12-17-13-14(16)15(18)19;/h14,17H,2-13,16H2,1H3,(H,18,19);1H/t14-;/m0./s1. The minimum atomic E-state index is -0.935. The van der Waals surface area contributed by atoms with Crippen molar-refractivity contribution in [2.24, 2.45) is 5.73 Å². The zero-order valence-electron chi connectivity index (χ0n) is 12.9. The summed E-state index contributed by atoms with van der Waals surface area (Å²) in [5, 5.41) is 11.7. The van der Waals surface area contributed by atoms with Crippen molar-refractivity contribution in [1.29, 1.82) is 0 Å². The van der Waals surface area contributed by atoms with Crippen molar-refractivity contribution in [2.45, 2.75) is 77.2 Å². The molecular weight excluding hydrogens is 276 g/mol. The maximum atomic E-state index is 10.5. The molecule has 4 nitrogen and oxygen atoms in total. The summed E-state index contributed by atoms with van der Waals surface area (Å²) in [6, 6.07) is -0.775. The topological polar surface area (TPSA) is 75.3 Å². The molecule has 0 aliphatic carbocycles. The summed E-state index contributed by atoms with van der Waals surface area (Å²) in [5.41, 5.74) is 5.38. The quantitative estimate of drug-likeness (QED) is 0.430. The zero-order valence-corrected chi connectivity index (χ0v) is 13.7. The normalized spacial score (nSPS) is 11.9. The van der Waals surface area contributed by atoms with E-state index in [0.717, 1.165) is 13.0 Å². The average Bonchev–Trinajstić information content (AvgIpc) is 2.39. The Morgan fingerprint density at radius 1 is 1.00 bits per heavy atom. The molecule has 4 N–H and O–H groups in total. The van der Waals surface area contributed by atoms with Crippen molar-refractivity contribution in [3.63, 3.8) is 0 Å². The van der Waals surface area contributed by atoms with Gasteiger partial charge in [-0.1, -0.05) is 64.7 Å². The first kappa shape index (κ1) is 22.0. The van der Waals surface area contributed by atoms with E-state index in [4.69, 9.17) is 10.8 Å². The monoisotopic (exact) mass is 308 g/mol. The van der Waals surface area contributed by atoms with Gasteiger partial charge in [0.25, 0.3) is 0 Å². The Kier molecular flexibility index (Phi) is 18.4. The summed E-state index contributed by atoms with van der Waals surface area (Å²) in [4.78, 5) is 10.5. The number of carboxylic acid groups (broad SMARTS) is 1. The van der Waals surface area contributed by atoms with Crippen molar-refractivity contribution in [3.05, 3.63) is 0 Å². The third-order valence-electron chi connectivity index (χ3n) is 3.39. The predicted molar refractivity (Wildman–Crippen MR) is 87.6 cm³/mol. The Morgan fingerprint density at radius 3 is 1.90 bits per heavy atom. The second kappa shape index (κ2) is 16.7. The van der Waals surface area contributed by atoms with Gasteiger partial charge < -0.3 is 16.2 Å². The van der Waals surface area contributed by atoms with Crippen LogP contribution in [-0.4, -0.2) is 30.2 Å². The number of carboxylic acids is 1. The van der Waals surface area contributed by atoms with Gasteiger partial charge in [-0.05, 0) is 13.0 Å². The van der Waals surface area contributed by atoms with Crippen LogP contribution in [0.5, 0.6) is 0 Å². The number of carbonyl (C=O) groups is 1. The second-order valence-corrected chi connectivity index (χ2v) is 5.33. The van der Waals surface area contributed by atoms with E-state index in [2.05, 4.69) is 12.2 Å². The van der Waals surface area contributed by atoms with Crippen LogP contribution in [0.3, 0.4) is 0 Å². The van der Waals surface area contributed by atoms with Crippen LogP contribution in [0.2, 0.25) is 0 Å². The zero-order chi connectivity index (χ0) is 14.3. The van der Waals surface area contributed by atoms with E-state index in [0.29, 0.717) is 6.54 Å². The van der Waals surface area contributed by atoms with Gasteiger partial charge in [-0.3, -0.25) is 4.79 Å². The van der Waals surface area contributed by atoms with Crippen molar-refractivity contribution in [1.82, 2.24) is 5.32 Å². The predicted octanol–water partition coefficient (Wildman–Crippen LogP) is 3.33. The Hall–Kier alpha value is -0.320. The van der Waals surface area contributed by atoms with Crippen LogP contribution in [-0.2, 0) is 4.79 Å². The molecule has 122 valence electrons. The van der Waals surface area contributed by atoms with Gasteiger partial charge in [0.05, 0.1) is 0 Å². The molecule has 0 amide bonds. The molecule has 0 spiro atoms. The molecule has 0 aliphatic heterocycles. The number of hydrogen-bond acceptors (Lipinski definition) is 3. The minimum Gasteiger partial charge on any atom is -0.480 e. The molecular formula is C15H33ClN2O2. The van der Waals surface area contributed by atoms with Gasteiger partial charge in [0.15, 0.2) is 0 Å². The SMILES string of the molecule is CCCCCCCCCCCCNC[C@H](N)C(=O)O.Cl. The van der Waals surface area contributed by atoms with E-state index in [1.54, 1.807) is 0 Å². The number of halogens is 1. The van der Waals surface area contributed by atoms with Crippen molar-refractivity contribution < 1.29 is 9.90 Å². The number of nitrogens with two attached hydrogens (primary N) is 1. The van der Waals surface area contributed by atoms with Crippen molar-refractivity contribution in [2.75, 3.05) is 13.1 Å². The number of unbranched alkanes of at least 4 members (excludes halogenated alkanes) is 9. The molecule has 0 radical (unpaired) electrons. The molecule has 5 heteroatoms. The van der Waals surface area contributed by atoms with E-state index in [-0.39, 0.29) is 12.4 Å². The molecule has 0 fully saturated rings. The largest absolute Gasteiger partial charge is 0.480 e. The highest BCUT2D eigenvalue weighted by Gasteiger charge is 2.09. The van der Waals surface area contributed by atoms with Crippen LogP contribution in [0.25, 0.3) is 0 Å². The molecule has 0 saturated heterocycles. The fourth-order valence-electron chi connectivity index (χ4n) is 2.08. The van der Waals surface area contributed by atoms with Crippen LogP contribution in [0.1, 0.15) is 71.1 Å². The lowest BCUT2D eigenvalue weighted by atomic mass is 10.1. The minimum absolute atomic E-state index is 0. The van der Waals surface area contributed by atoms with Gasteiger partial charge in [0.1, 0.15) is 6.04 Å². The van der Waals surface area contributed by atoms with Gasteiger partial charge in [-0.2, -0.15) is 0 Å². The van der Waals surface area contributed by atoms with E-state index in [9.17, 15) is 4.79 Å². The molecule has 0 aromatic heterocycles. The summed E-state index contributed by atoms with van der Waals surface area (Å²) >= 11 is 0. The Balaban J connectivity index is 0. The molecule has 0 heterocycles. The van der Waals surface area contributed by atoms with Gasteiger partial charge in [0.2, 0.25) is 0 Å². The summed E-state index contributed by atoms with van der Waals surface area (Å²) < 4.78 is 0. The molecule has 0 bridgehead atoms. The maximum Gasteiger partial charge on any atom is 0.321 e. The molecule has 1 atom stereocenters. The average molecular weight is 309 g/mol.